The molecule has 35 heavy (non-hydrogen) atoms. The Hall–Kier alpha value is -3.04. The van der Waals surface area contributed by atoms with Crippen LogP contribution in [0.15, 0.2) is 40.6 Å². The maximum Gasteiger partial charge on any atom is 0.276 e. The third-order valence-corrected chi connectivity index (χ3v) is 4.98. The first-order valence-electron chi connectivity index (χ1n) is 11.2. The zero-order valence-electron chi connectivity index (χ0n) is 20.3. The minimum absolute atomic E-state index is 0.204. The highest BCUT2D eigenvalue weighted by molar-refractivity contribution is 6.39. The molecule has 0 radical (unpaired) electrons. The lowest BCUT2D eigenvalue weighted by Gasteiger charge is -2.19. The quantitative estimate of drug-likeness (QED) is 0.176. The second-order valence-electron chi connectivity index (χ2n) is 6.99. The Balaban J connectivity index is 2.44. The van der Waals surface area contributed by atoms with Crippen LogP contribution in [0.4, 0.5) is 11.4 Å². The number of ether oxygens (including phenoxy) is 4. The van der Waals surface area contributed by atoms with Gasteiger partial charge in [0.25, 0.3) is 5.91 Å². The Bertz CT molecular complexity index is 1010. The van der Waals surface area contributed by atoms with Crippen molar-refractivity contribution in [2.75, 3.05) is 30.8 Å². The molecule has 9 nitrogen and oxygen atoms in total. The molecule has 0 aliphatic rings. The number of anilines is 1. The van der Waals surface area contributed by atoms with Crippen LogP contribution in [0, 0.1) is 0 Å². The summed E-state index contributed by atoms with van der Waals surface area (Å²) in [6.45, 7) is 9.93. The first-order valence-corrected chi connectivity index (χ1v) is 11.9. The summed E-state index contributed by atoms with van der Waals surface area (Å²) in [7, 11) is 0. The largest absolute Gasteiger partial charge is 0.494 e. The van der Waals surface area contributed by atoms with Crippen molar-refractivity contribution in [2.45, 2.75) is 40.7 Å². The number of azo groups is 1. The topological polar surface area (TPSA) is 99.0 Å². The van der Waals surface area contributed by atoms with Gasteiger partial charge in [-0.3, -0.25) is 9.59 Å². The molecule has 11 heteroatoms. The van der Waals surface area contributed by atoms with E-state index in [0.29, 0.717) is 54.4 Å². The molecular weight excluding hydrogens is 497 g/mol. The molecule has 1 amide bonds. The number of benzene rings is 2. The summed E-state index contributed by atoms with van der Waals surface area (Å²) in [5, 5.41) is 8.52. The molecule has 2 aromatic carbocycles. The third kappa shape index (κ3) is 7.73. The van der Waals surface area contributed by atoms with E-state index in [9.17, 15) is 9.59 Å². The fraction of sp³-hybridized carbons (Fsp3) is 0.417. The van der Waals surface area contributed by atoms with Crippen LogP contribution in [-0.4, -0.2) is 44.2 Å². The summed E-state index contributed by atoms with van der Waals surface area (Å²) in [5.74, 6) is 0.156. The van der Waals surface area contributed by atoms with E-state index < -0.39 is 17.7 Å². The minimum Gasteiger partial charge on any atom is -0.494 e. The van der Waals surface area contributed by atoms with E-state index in [2.05, 4.69) is 10.2 Å². The summed E-state index contributed by atoms with van der Waals surface area (Å²) < 4.78 is 23.1. The van der Waals surface area contributed by atoms with Crippen LogP contribution in [-0.2, 0) is 9.59 Å². The van der Waals surface area contributed by atoms with Gasteiger partial charge in [-0.15, -0.1) is 5.11 Å². The fourth-order valence-electron chi connectivity index (χ4n) is 3.00. The van der Waals surface area contributed by atoms with Crippen molar-refractivity contribution >= 4 is 46.4 Å². The van der Waals surface area contributed by atoms with Gasteiger partial charge in [0, 0.05) is 47.1 Å². The number of carbonyl (C=O) groups excluding carboxylic acids is 2. The number of ketones is 1. The lowest BCUT2D eigenvalue weighted by atomic mass is 10.2. The highest BCUT2D eigenvalue weighted by Crippen LogP contribution is 2.41. The van der Waals surface area contributed by atoms with Crippen molar-refractivity contribution in [3.05, 3.63) is 35.4 Å². The monoisotopic (exact) mass is 525 g/mol. The van der Waals surface area contributed by atoms with Crippen LogP contribution in [0.25, 0.3) is 0 Å². The van der Waals surface area contributed by atoms with Gasteiger partial charge in [-0.1, -0.05) is 11.6 Å². The Labute approximate surface area is 215 Å². The second-order valence-corrected chi connectivity index (χ2v) is 7.77. The SMILES string of the molecule is CCOc1cc(OCC)cc(N(Cl)C(=O)C(N=Nc2c(OCC)cc(Cl)cc2OCC)C(C)=O)c1. The fourth-order valence-corrected chi connectivity index (χ4v) is 3.39. The van der Waals surface area contributed by atoms with Gasteiger partial charge in [0.15, 0.2) is 23.0 Å². The van der Waals surface area contributed by atoms with Gasteiger partial charge in [-0.2, -0.15) is 5.11 Å². The number of nitrogens with zero attached hydrogens (tertiary/aromatic N) is 3. The molecule has 0 bridgehead atoms. The van der Waals surface area contributed by atoms with Gasteiger partial charge in [0.1, 0.15) is 11.5 Å². The molecule has 0 fully saturated rings. The average Bonchev–Trinajstić information content (AvgIpc) is 2.80. The Kier molecular flexibility index (Phi) is 11.1. The number of hydrogen-bond acceptors (Lipinski definition) is 8. The maximum absolute atomic E-state index is 13.2. The van der Waals surface area contributed by atoms with Crippen molar-refractivity contribution in [2.24, 2.45) is 10.2 Å². The molecular formula is C24H29Cl2N3O6. The Morgan fingerprint density at radius 3 is 1.77 bits per heavy atom. The van der Waals surface area contributed by atoms with Crippen LogP contribution in [0.3, 0.4) is 0 Å². The normalized spacial score (nSPS) is 11.7. The van der Waals surface area contributed by atoms with E-state index in [1.54, 1.807) is 44.2 Å². The summed E-state index contributed by atoms with van der Waals surface area (Å²) in [4.78, 5) is 25.5. The number of carbonyl (C=O) groups is 2. The van der Waals surface area contributed by atoms with Crippen molar-refractivity contribution in [1.29, 1.82) is 0 Å². The first kappa shape index (κ1) is 28.2. The Morgan fingerprint density at radius 2 is 1.34 bits per heavy atom. The predicted molar refractivity (Wildman–Crippen MR) is 135 cm³/mol. The van der Waals surface area contributed by atoms with Crippen LogP contribution in [0.1, 0.15) is 34.6 Å². The zero-order valence-corrected chi connectivity index (χ0v) is 21.9. The van der Waals surface area contributed by atoms with E-state index in [0.717, 1.165) is 4.42 Å². The molecule has 2 aromatic rings. The van der Waals surface area contributed by atoms with Gasteiger partial charge in [0.2, 0.25) is 6.04 Å². The summed E-state index contributed by atoms with van der Waals surface area (Å²) >= 11 is 12.5. The molecule has 0 aromatic heterocycles. The summed E-state index contributed by atoms with van der Waals surface area (Å²) in [6.07, 6.45) is 0. The first-order chi connectivity index (χ1) is 16.7. The van der Waals surface area contributed by atoms with Gasteiger partial charge in [0.05, 0.1) is 32.1 Å². The van der Waals surface area contributed by atoms with E-state index >= 15 is 0 Å². The van der Waals surface area contributed by atoms with Crippen LogP contribution >= 0.6 is 23.4 Å². The second kappa shape index (κ2) is 13.7. The number of hydrogen-bond donors (Lipinski definition) is 0. The molecule has 0 saturated heterocycles. The van der Waals surface area contributed by atoms with Crippen molar-refractivity contribution < 1.29 is 28.5 Å². The van der Waals surface area contributed by atoms with Gasteiger partial charge >= 0.3 is 0 Å². The molecule has 190 valence electrons. The van der Waals surface area contributed by atoms with E-state index in [1.807, 2.05) is 13.8 Å². The lowest BCUT2D eigenvalue weighted by Crippen LogP contribution is -2.36. The van der Waals surface area contributed by atoms with Crippen molar-refractivity contribution in [3.8, 4) is 23.0 Å². The smallest absolute Gasteiger partial charge is 0.276 e. The standard InChI is InChI=1S/C24H29Cl2N3O6/c1-6-32-18-12-17(13-19(14-18)33-7-2)29(26)24(31)22(15(5)30)27-28-23-20(34-8-3)10-16(25)11-21(23)35-9-4/h10-14,22H,6-9H2,1-5H3. The molecule has 0 spiro atoms. The molecule has 0 aliphatic heterocycles. The highest BCUT2D eigenvalue weighted by Gasteiger charge is 2.30. The number of Topliss-reactive ketones (excluding diaryl/α,β-unsaturated/α-hetero) is 1. The maximum atomic E-state index is 13.2. The van der Waals surface area contributed by atoms with E-state index in [-0.39, 0.29) is 11.4 Å². The molecule has 0 heterocycles. The highest BCUT2D eigenvalue weighted by atomic mass is 35.5. The molecule has 0 N–H and O–H groups in total. The van der Waals surface area contributed by atoms with Gasteiger partial charge < -0.3 is 18.9 Å². The molecule has 1 atom stereocenters. The lowest BCUT2D eigenvalue weighted by molar-refractivity contribution is -0.126. The van der Waals surface area contributed by atoms with E-state index in [1.165, 1.54) is 6.92 Å². The summed E-state index contributed by atoms with van der Waals surface area (Å²) in [6, 6.07) is 6.39. The van der Waals surface area contributed by atoms with E-state index in [4.69, 9.17) is 42.3 Å². The van der Waals surface area contributed by atoms with Crippen LogP contribution < -0.4 is 23.4 Å². The zero-order chi connectivity index (χ0) is 26.0. The van der Waals surface area contributed by atoms with Crippen LogP contribution in [0.2, 0.25) is 5.02 Å². The van der Waals surface area contributed by atoms with Crippen molar-refractivity contribution in [1.82, 2.24) is 0 Å². The number of amides is 1. The van der Waals surface area contributed by atoms with Gasteiger partial charge in [-0.05, 0) is 34.6 Å². The molecule has 0 saturated carbocycles. The minimum atomic E-state index is -1.52. The third-order valence-electron chi connectivity index (χ3n) is 4.40. The predicted octanol–water partition coefficient (Wildman–Crippen LogP) is 6.16. The molecule has 1 unspecified atom stereocenters. The summed E-state index contributed by atoms with van der Waals surface area (Å²) in [5.41, 5.74) is 0.458. The molecule has 0 aliphatic carbocycles. The molecule has 2 rings (SSSR count). The average molecular weight is 526 g/mol. The van der Waals surface area contributed by atoms with Gasteiger partial charge in [-0.25, -0.2) is 4.42 Å². The van der Waals surface area contributed by atoms with Crippen LogP contribution in [0.5, 0.6) is 23.0 Å². The number of rotatable bonds is 13. The number of halogens is 2. The van der Waals surface area contributed by atoms with Crippen molar-refractivity contribution in [3.63, 3.8) is 0 Å². The Morgan fingerprint density at radius 1 is 0.857 bits per heavy atom.